The number of nitrogens with one attached hydrogen (secondary N) is 2. The Hall–Kier alpha value is -4.21. The summed E-state index contributed by atoms with van der Waals surface area (Å²) in [5, 5.41) is 17.2. The molecule has 250 valence electrons. The molecule has 1 aliphatic heterocycles. The van der Waals surface area contributed by atoms with Crippen molar-refractivity contribution in [3.05, 3.63) is 82.3 Å². The second kappa shape index (κ2) is 15.6. The Morgan fingerprint density at radius 2 is 1.70 bits per heavy atom. The third kappa shape index (κ3) is 7.85. The minimum atomic E-state index is -0.476. The number of hydrogen-bond donors (Lipinski definition) is 3. The minimum Gasteiger partial charge on any atom is -0.492 e. The first-order valence-corrected chi connectivity index (χ1v) is 17.1. The SMILES string of the molecule is CCCCn1c(=O)c(NC(=O)Nc2c(C(C)C)cccc2C(C)C)c(-c2cccc(OCCN3CCCCC3O)c2)c2cccnc21. The number of aliphatic hydroxyl groups is 1. The number of benzene rings is 2. The summed E-state index contributed by atoms with van der Waals surface area (Å²) in [6.45, 7) is 12.9. The maximum absolute atomic E-state index is 14.3. The molecule has 4 aromatic rings. The number of para-hydroxylation sites is 1. The van der Waals surface area contributed by atoms with Gasteiger partial charge in [-0.05, 0) is 78.5 Å². The predicted molar refractivity (Wildman–Crippen MR) is 191 cm³/mol. The molecule has 0 saturated carbocycles. The maximum Gasteiger partial charge on any atom is 0.323 e. The molecule has 9 heteroatoms. The van der Waals surface area contributed by atoms with Gasteiger partial charge in [-0.25, -0.2) is 9.78 Å². The lowest BCUT2D eigenvalue weighted by molar-refractivity contribution is -0.0292. The molecule has 2 amide bonds. The molecule has 0 aliphatic carbocycles. The average Bonchev–Trinajstić information content (AvgIpc) is 3.05. The fraction of sp³-hybridized carbons (Fsp3) is 0.447. The van der Waals surface area contributed by atoms with Crippen molar-refractivity contribution in [3.8, 4) is 16.9 Å². The quantitative estimate of drug-likeness (QED) is 0.145. The first-order chi connectivity index (χ1) is 22.7. The van der Waals surface area contributed by atoms with Crippen molar-refractivity contribution < 1.29 is 14.6 Å². The van der Waals surface area contributed by atoms with Crippen LogP contribution in [0.15, 0.2) is 65.6 Å². The summed E-state index contributed by atoms with van der Waals surface area (Å²) in [4.78, 5) is 34.9. The standard InChI is InChI=1S/C38H49N5O4/c1-6-7-21-43-36-31(17-12-19-39-36)33(27-13-10-14-28(24-27)47-23-22-42-20-9-8-18-32(42)44)35(37(43)45)41-38(46)40-34-29(25(2)3)15-11-16-30(34)26(4)5/h10-17,19,24-26,32,44H,6-9,18,20-23H2,1-5H3,(H2,40,41,46). The van der Waals surface area contributed by atoms with E-state index >= 15 is 0 Å². The van der Waals surface area contributed by atoms with Crippen LogP contribution in [0.4, 0.5) is 16.2 Å². The summed E-state index contributed by atoms with van der Waals surface area (Å²) < 4.78 is 7.83. The van der Waals surface area contributed by atoms with Crippen molar-refractivity contribution in [2.24, 2.45) is 0 Å². The Kier molecular flexibility index (Phi) is 11.3. The molecule has 1 atom stereocenters. The number of unbranched alkanes of at least 4 members (excludes halogenated alkanes) is 1. The zero-order chi connectivity index (χ0) is 33.5. The van der Waals surface area contributed by atoms with Gasteiger partial charge in [-0.2, -0.15) is 0 Å². The molecular weight excluding hydrogens is 590 g/mol. The summed E-state index contributed by atoms with van der Waals surface area (Å²) >= 11 is 0. The molecule has 1 aliphatic rings. The van der Waals surface area contributed by atoms with Gasteiger partial charge in [0.15, 0.2) is 0 Å². The predicted octanol–water partition coefficient (Wildman–Crippen LogP) is 7.94. The topological polar surface area (TPSA) is 109 Å². The van der Waals surface area contributed by atoms with Crippen LogP contribution in [0.25, 0.3) is 22.2 Å². The molecule has 1 unspecified atom stereocenters. The van der Waals surface area contributed by atoms with E-state index in [0.29, 0.717) is 36.7 Å². The number of aromatic nitrogens is 2. The van der Waals surface area contributed by atoms with E-state index in [1.165, 1.54) is 0 Å². The lowest BCUT2D eigenvalue weighted by Crippen LogP contribution is -2.41. The van der Waals surface area contributed by atoms with E-state index in [-0.39, 0.29) is 23.1 Å². The molecule has 47 heavy (non-hydrogen) atoms. The zero-order valence-electron chi connectivity index (χ0n) is 28.4. The summed E-state index contributed by atoms with van der Waals surface area (Å²) in [5.74, 6) is 1.03. The molecule has 2 aromatic carbocycles. The smallest absolute Gasteiger partial charge is 0.323 e. The van der Waals surface area contributed by atoms with Crippen LogP contribution < -0.4 is 20.9 Å². The highest BCUT2D eigenvalue weighted by Crippen LogP contribution is 2.36. The number of likely N-dealkylation sites (tertiary alicyclic amines) is 1. The highest BCUT2D eigenvalue weighted by atomic mass is 16.5. The summed E-state index contributed by atoms with van der Waals surface area (Å²) in [5.41, 5.74) is 4.65. The molecule has 5 rings (SSSR count). The number of carbonyl (C=O) groups excluding carboxylic acids is 1. The van der Waals surface area contributed by atoms with Crippen LogP contribution in [0.2, 0.25) is 0 Å². The second-order valence-electron chi connectivity index (χ2n) is 13.0. The Labute approximate surface area is 278 Å². The number of ether oxygens (including phenoxy) is 1. The number of amides is 2. The van der Waals surface area contributed by atoms with Crippen LogP contribution in [0.5, 0.6) is 5.75 Å². The van der Waals surface area contributed by atoms with Crippen LogP contribution in [0.1, 0.15) is 89.7 Å². The Morgan fingerprint density at radius 3 is 2.40 bits per heavy atom. The van der Waals surface area contributed by atoms with E-state index in [0.717, 1.165) is 66.4 Å². The van der Waals surface area contributed by atoms with Crippen LogP contribution in [-0.2, 0) is 6.54 Å². The summed E-state index contributed by atoms with van der Waals surface area (Å²) in [6.07, 6.45) is 5.86. The number of anilines is 2. The first-order valence-electron chi connectivity index (χ1n) is 17.1. The Bertz CT molecular complexity index is 1720. The van der Waals surface area contributed by atoms with Crippen LogP contribution in [0, 0.1) is 0 Å². The number of nitrogens with zero attached hydrogens (tertiary/aromatic N) is 3. The van der Waals surface area contributed by atoms with Gasteiger partial charge in [0.05, 0.1) is 0 Å². The molecule has 1 fully saturated rings. The van der Waals surface area contributed by atoms with Gasteiger partial charge in [0, 0.05) is 42.5 Å². The number of carbonyl (C=O) groups is 1. The van der Waals surface area contributed by atoms with Crippen molar-refractivity contribution >= 4 is 28.4 Å². The van der Waals surface area contributed by atoms with Crippen molar-refractivity contribution in [2.45, 2.75) is 91.3 Å². The fourth-order valence-electron chi connectivity index (χ4n) is 6.43. The monoisotopic (exact) mass is 639 g/mol. The van der Waals surface area contributed by atoms with Gasteiger partial charge in [-0.15, -0.1) is 0 Å². The number of rotatable bonds is 12. The van der Waals surface area contributed by atoms with E-state index in [1.807, 2.05) is 59.5 Å². The number of aryl methyl sites for hydroxylation is 1. The molecule has 3 N–H and O–H groups in total. The van der Waals surface area contributed by atoms with Gasteiger partial charge >= 0.3 is 6.03 Å². The number of hydrogen-bond acceptors (Lipinski definition) is 6. The normalized spacial score (nSPS) is 15.4. The van der Waals surface area contributed by atoms with Crippen molar-refractivity contribution in [1.82, 2.24) is 14.5 Å². The third-order valence-electron chi connectivity index (χ3n) is 8.96. The molecule has 0 spiro atoms. The molecular formula is C38H49N5O4. The lowest BCUT2D eigenvalue weighted by Gasteiger charge is -2.31. The molecule has 3 heterocycles. The van der Waals surface area contributed by atoms with E-state index in [4.69, 9.17) is 4.74 Å². The van der Waals surface area contributed by atoms with Crippen LogP contribution >= 0.6 is 0 Å². The highest BCUT2D eigenvalue weighted by molar-refractivity contribution is 6.07. The van der Waals surface area contributed by atoms with Gasteiger partial charge in [-0.1, -0.05) is 71.4 Å². The molecule has 1 saturated heterocycles. The van der Waals surface area contributed by atoms with E-state index in [1.54, 1.807) is 10.8 Å². The van der Waals surface area contributed by atoms with Gasteiger partial charge in [0.25, 0.3) is 5.56 Å². The molecule has 0 bridgehead atoms. The Balaban J connectivity index is 1.54. The maximum atomic E-state index is 14.3. The van der Waals surface area contributed by atoms with Gasteiger partial charge in [0.1, 0.15) is 29.9 Å². The van der Waals surface area contributed by atoms with Crippen molar-refractivity contribution in [3.63, 3.8) is 0 Å². The average molecular weight is 640 g/mol. The minimum absolute atomic E-state index is 0.193. The summed E-state index contributed by atoms with van der Waals surface area (Å²) in [6, 6.07) is 17.0. The molecule has 9 nitrogen and oxygen atoms in total. The van der Waals surface area contributed by atoms with Crippen LogP contribution in [0.3, 0.4) is 0 Å². The van der Waals surface area contributed by atoms with Gasteiger partial charge in [0.2, 0.25) is 0 Å². The lowest BCUT2D eigenvalue weighted by atomic mass is 9.93. The number of piperidine rings is 1. The number of aliphatic hydroxyl groups excluding tert-OH is 1. The highest BCUT2D eigenvalue weighted by Gasteiger charge is 2.23. The molecule has 2 aromatic heterocycles. The largest absolute Gasteiger partial charge is 0.492 e. The van der Waals surface area contributed by atoms with E-state index in [9.17, 15) is 14.7 Å². The van der Waals surface area contributed by atoms with Gasteiger partial charge < -0.3 is 20.5 Å². The number of fused-ring (bicyclic) bond motifs is 1. The number of pyridine rings is 2. The van der Waals surface area contributed by atoms with Crippen LogP contribution in [-0.4, -0.2) is 51.5 Å². The van der Waals surface area contributed by atoms with E-state index < -0.39 is 12.3 Å². The van der Waals surface area contributed by atoms with Gasteiger partial charge in [-0.3, -0.25) is 14.3 Å². The second-order valence-corrected chi connectivity index (χ2v) is 13.0. The van der Waals surface area contributed by atoms with Crippen molar-refractivity contribution in [2.75, 3.05) is 30.3 Å². The zero-order valence-corrected chi connectivity index (χ0v) is 28.4. The Morgan fingerprint density at radius 1 is 0.979 bits per heavy atom. The van der Waals surface area contributed by atoms with E-state index in [2.05, 4.69) is 50.2 Å². The molecule has 0 radical (unpaired) electrons. The van der Waals surface area contributed by atoms with Crippen molar-refractivity contribution in [1.29, 1.82) is 0 Å². The first kappa shape index (κ1) is 34.1. The third-order valence-corrected chi connectivity index (χ3v) is 8.96. The summed E-state index contributed by atoms with van der Waals surface area (Å²) in [7, 11) is 0. The fourth-order valence-corrected chi connectivity index (χ4v) is 6.43. The number of urea groups is 1.